The van der Waals surface area contributed by atoms with Gasteiger partial charge in [0.25, 0.3) is 0 Å². The van der Waals surface area contributed by atoms with Crippen LogP contribution in [-0.4, -0.2) is 28.9 Å². The van der Waals surface area contributed by atoms with Crippen LogP contribution in [0.15, 0.2) is 30.5 Å². The Morgan fingerprint density at radius 3 is 2.89 bits per heavy atom. The lowest BCUT2D eigenvalue weighted by Gasteiger charge is -2.04. The Kier molecular flexibility index (Phi) is 4.58. The summed E-state index contributed by atoms with van der Waals surface area (Å²) in [6.07, 6.45) is 2.78. The molecule has 1 N–H and O–H groups in total. The zero-order valence-electron chi connectivity index (χ0n) is 11.1. The number of rotatable bonds is 7. The molecule has 1 aromatic heterocycles. The summed E-state index contributed by atoms with van der Waals surface area (Å²) in [5.41, 5.74) is 2.23. The van der Waals surface area contributed by atoms with E-state index in [0.717, 1.165) is 23.0 Å². The molecule has 0 bridgehead atoms. The Bertz CT molecular complexity index is 560. The van der Waals surface area contributed by atoms with Gasteiger partial charge in [0.15, 0.2) is 0 Å². The Morgan fingerprint density at radius 1 is 1.37 bits per heavy atom. The molecule has 4 heteroatoms. The van der Waals surface area contributed by atoms with Gasteiger partial charge in [-0.15, -0.1) is 0 Å². The van der Waals surface area contributed by atoms with Crippen molar-refractivity contribution >= 4 is 16.9 Å². The summed E-state index contributed by atoms with van der Waals surface area (Å²) in [7, 11) is 0. The Balaban J connectivity index is 2.23. The van der Waals surface area contributed by atoms with Crippen molar-refractivity contribution in [3.8, 4) is 0 Å². The standard InChI is InChI=1S/C15H19NO3/c1-2-19-10-9-16-11-12(7-8-15(17)18)13-5-3-4-6-14(13)16/h3-6,11H,2,7-10H2,1H3,(H,17,18). The molecule has 2 aromatic rings. The molecule has 0 radical (unpaired) electrons. The molecule has 102 valence electrons. The molecule has 19 heavy (non-hydrogen) atoms. The largest absolute Gasteiger partial charge is 0.481 e. The summed E-state index contributed by atoms with van der Waals surface area (Å²) in [4.78, 5) is 10.7. The summed E-state index contributed by atoms with van der Waals surface area (Å²) < 4.78 is 7.52. The number of fused-ring (bicyclic) bond motifs is 1. The smallest absolute Gasteiger partial charge is 0.303 e. The molecule has 2 rings (SSSR count). The molecule has 0 atom stereocenters. The summed E-state index contributed by atoms with van der Waals surface area (Å²) >= 11 is 0. The molecular weight excluding hydrogens is 242 g/mol. The summed E-state index contributed by atoms with van der Waals surface area (Å²) in [6.45, 7) is 4.16. The van der Waals surface area contributed by atoms with Crippen LogP contribution in [0.3, 0.4) is 0 Å². The molecule has 0 aliphatic heterocycles. The van der Waals surface area contributed by atoms with E-state index in [1.54, 1.807) is 0 Å². The van der Waals surface area contributed by atoms with Crippen LogP contribution in [-0.2, 0) is 22.5 Å². The number of nitrogens with zero attached hydrogens (tertiary/aromatic N) is 1. The zero-order valence-corrected chi connectivity index (χ0v) is 11.1. The number of aryl methyl sites for hydroxylation is 1. The molecule has 0 amide bonds. The SMILES string of the molecule is CCOCCn1cc(CCC(=O)O)c2ccccc21. The second-order valence-corrected chi connectivity index (χ2v) is 4.46. The van der Waals surface area contributed by atoms with Crippen LogP contribution in [0, 0.1) is 0 Å². The Hall–Kier alpha value is -1.81. The molecule has 1 heterocycles. The van der Waals surface area contributed by atoms with E-state index in [2.05, 4.69) is 10.6 Å². The highest BCUT2D eigenvalue weighted by atomic mass is 16.5. The van der Waals surface area contributed by atoms with Crippen molar-refractivity contribution in [2.75, 3.05) is 13.2 Å². The number of carboxylic acid groups (broad SMARTS) is 1. The molecule has 0 aliphatic carbocycles. The van der Waals surface area contributed by atoms with Crippen LogP contribution in [0.25, 0.3) is 10.9 Å². The lowest BCUT2D eigenvalue weighted by Crippen LogP contribution is -2.04. The van der Waals surface area contributed by atoms with E-state index in [4.69, 9.17) is 9.84 Å². The van der Waals surface area contributed by atoms with Crippen LogP contribution < -0.4 is 0 Å². The summed E-state index contributed by atoms with van der Waals surface area (Å²) in [5, 5.41) is 9.94. The van der Waals surface area contributed by atoms with Crippen LogP contribution in [0.5, 0.6) is 0 Å². The first-order valence-corrected chi connectivity index (χ1v) is 6.58. The van der Waals surface area contributed by atoms with E-state index in [0.29, 0.717) is 19.6 Å². The predicted octanol–water partition coefficient (Wildman–Crippen LogP) is 2.70. The normalized spacial score (nSPS) is 11.0. The first-order valence-electron chi connectivity index (χ1n) is 6.58. The first-order chi connectivity index (χ1) is 9.22. The van der Waals surface area contributed by atoms with Crippen molar-refractivity contribution in [1.82, 2.24) is 4.57 Å². The van der Waals surface area contributed by atoms with E-state index in [1.807, 2.05) is 31.3 Å². The third kappa shape index (κ3) is 3.35. The van der Waals surface area contributed by atoms with Gasteiger partial charge in [0.2, 0.25) is 0 Å². The van der Waals surface area contributed by atoms with Gasteiger partial charge in [0, 0.05) is 36.7 Å². The lowest BCUT2D eigenvalue weighted by molar-refractivity contribution is -0.136. The van der Waals surface area contributed by atoms with Gasteiger partial charge >= 0.3 is 5.97 Å². The number of carbonyl (C=O) groups is 1. The fraction of sp³-hybridized carbons (Fsp3) is 0.400. The minimum Gasteiger partial charge on any atom is -0.481 e. The Morgan fingerprint density at radius 2 is 2.16 bits per heavy atom. The fourth-order valence-electron chi connectivity index (χ4n) is 2.26. The van der Waals surface area contributed by atoms with Gasteiger partial charge in [-0.25, -0.2) is 0 Å². The van der Waals surface area contributed by atoms with E-state index >= 15 is 0 Å². The number of hydrogen-bond donors (Lipinski definition) is 1. The van der Waals surface area contributed by atoms with E-state index in [9.17, 15) is 4.79 Å². The maximum absolute atomic E-state index is 10.7. The van der Waals surface area contributed by atoms with Crippen LogP contribution >= 0.6 is 0 Å². The predicted molar refractivity (Wildman–Crippen MR) is 74.4 cm³/mol. The fourth-order valence-corrected chi connectivity index (χ4v) is 2.26. The van der Waals surface area contributed by atoms with Gasteiger partial charge in [-0.05, 0) is 25.0 Å². The van der Waals surface area contributed by atoms with Gasteiger partial charge in [-0.1, -0.05) is 18.2 Å². The highest BCUT2D eigenvalue weighted by Crippen LogP contribution is 2.22. The highest BCUT2D eigenvalue weighted by molar-refractivity contribution is 5.84. The van der Waals surface area contributed by atoms with Gasteiger partial charge in [-0.3, -0.25) is 4.79 Å². The molecule has 0 fully saturated rings. The maximum Gasteiger partial charge on any atom is 0.303 e. The van der Waals surface area contributed by atoms with Crippen LogP contribution in [0.1, 0.15) is 18.9 Å². The number of carboxylic acids is 1. The van der Waals surface area contributed by atoms with Crippen molar-refractivity contribution in [1.29, 1.82) is 0 Å². The average molecular weight is 261 g/mol. The van der Waals surface area contributed by atoms with E-state index in [1.165, 1.54) is 0 Å². The minimum atomic E-state index is -0.758. The molecule has 0 unspecified atom stereocenters. The van der Waals surface area contributed by atoms with E-state index in [-0.39, 0.29) is 6.42 Å². The van der Waals surface area contributed by atoms with Gasteiger partial charge in [0.05, 0.1) is 6.61 Å². The second kappa shape index (κ2) is 6.38. The van der Waals surface area contributed by atoms with Crippen LogP contribution in [0.4, 0.5) is 0 Å². The quantitative estimate of drug-likeness (QED) is 0.780. The zero-order chi connectivity index (χ0) is 13.7. The topological polar surface area (TPSA) is 51.5 Å². The molecule has 0 saturated heterocycles. The minimum absolute atomic E-state index is 0.166. The average Bonchev–Trinajstić information content (AvgIpc) is 2.76. The maximum atomic E-state index is 10.7. The molecule has 4 nitrogen and oxygen atoms in total. The Labute approximate surface area is 112 Å². The summed E-state index contributed by atoms with van der Waals surface area (Å²) in [6, 6.07) is 8.09. The number of ether oxygens (including phenoxy) is 1. The third-order valence-electron chi connectivity index (χ3n) is 3.16. The van der Waals surface area contributed by atoms with Crippen molar-refractivity contribution in [3.05, 3.63) is 36.0 Å². The monoisotopic (exact) mass is 261 g/mol. The van der Waals surface area contributed by atoms with Crippen LogP contribution in [0.2, 0.25) is 0 Å². The first kappa shape index (κ1) is 13.6. The van der Waals surface area contributed by atoms with E-state index < -0.39 is 5.97 Å². The molecule has 0 saturated carbocycles. The van der Waals surface area contributed by atoms with Gasteiger partial charge in [0.1, 0.15) is 0 Å². The lowest BCUT2D eigenvalue weighted by atomic mass is 10.1. The molecular formula is C15H19NO3. The highest BCUT2D eigenvalue weighted by Gasteiger charge is 2.09. The third-order valence-corrected chi connectivity index (χ3v) is 3.16. The molecule has 0 aliphatic rings. The number of aliphatic carboxylic acids is 1. The number of hydrogen-bond acceptors (Lipinski definition) is 2. The van der Waals surface area contributed by atoms with Crippen molar-refractivity contribution < 1.29 is 14.6 Å². The van der Waals surface area contributed by atoms with Crippen molar-refractivity contribution in [2.45, 2.75) is 26.3 Å². The van der Waals surface area contributed by atoms with Crippen molar-refractivity contribution in [2.24, 2.45) is 0 Å². The van der Waals surface area contributed by atoms with Gasteiger partial charge < -0.3 is 14.4 Å². The van der Waals surface area contributed by atoms with Gasteiger partial charge in [-0.2, -0.15) is 0 Å². The molecule has 0 spiro atoms. The summed E-state index contributed by atoms with van der Waals surface area (Å²) in [5.74, 6) is -0.758. The van der Waals surface area contributed by atoms with Crippen molar-refractivity contribution in [3.63, 3.8) is 0 Å². The number of benzene rings is 1. The number of aromatic nitrogens is 1. The second-order valence-electron chi connectivity index (χ2n) is 4.46. The number of para-hydroxylation sites is 1. The molecule has 1 aromatic carbocycles.